The molecule has 0 spiro atoms. The Hall–Kier alpha value is -0.650. The Morgan fingerprint density at radius 2 is 1.77 bits per heavy atom. The molecule has 3 aliphatic rings. The number of carbonyl (C=O) groups is 1. The summed E-state index contributed by atoms with van der Waals surface area (Å²) in [5, 5.41) is 0. The molecule has 3 saturated heterocycles. The summed E-state index contributed by atoms with van der Waals surface area (Å²) in [5.74, 6) is 0.567. The van der Waals surface area contributed by atoms with Gasteiger partial charge in [-0.1, -0.05) is 0 Å². The maximum Gasteiger partial charge on any atom is 0.226 e. The molecule has 1 amide bonds. The number of nitrogens with zero attached hydrogens (tertiary/aromatic N) is 2. The molecule has 126 valence electrons. The van der Waals surface area contributed by atoms with Gasteiger partial charge >= 0.3 is 0 Å². The molecular formula is C17H30N2O3. The maximum absolute atomic E-state index is 12.8. The first-order valence-corrected chi connectivity index (χ1v) is 8.89. The normalized spacial score (nSPS) is 35.0. The predicted molar refractivity (Wildman–Crippen MR) is 84.7 cm³/mol. The summed E-state index contributed by atoms with van der Waals surface area (Å²) in [7, 11) is 0. The zero-order valence-electron chi connectivity index (χ0n) is 14.0. The highest BCUT2D eigenvalue weighted by Crippen LogP contribution is 2.25. The summed E-state index contributed by atoms with van der Waals surface area (Å²) in [6, 6.07) is 0.396. The Balaban J connectivity index is 1.57. The van der Waals surface area contributed by atoms with E-state index in [-0.39, 0.29) is 5.92 Å². The molecule has 0 aromatic rings. The minimum Gasteiger partial charge on any atom is -0.381 e. The van der Waals surface area contributed by atoms with Crippen LogP contribution in [0.5, 0.6) is 0 Å². The van der Waals surface area contributed by atoms with E-state index in [0.717, 1.165) is 65.1 Å². The quantitative estimate of drug-likeness (QED) is 0.792. The number of carbonyl (C=O) groups excluding carboxylic acids is 1. The third-order valence-corrected chi connectivity index (χ3v) is 5.19. The van der Waals surface area contributed by atoms with E-state index in [2.05, 4.69) is 23.6 Å². The Labute approximate surface area is 133 Å². The predicted octanol–water partition coefficient (Wildman–Crippen LogP) is 1.51. The Bertz CT molecular complexity index is 374. The van der Waals surface area contributed by atoms with Gasteiger partial charge in [0.1, 0.15) is 0 Å². The van der Waals surface area contributed by atoms with Crippen molar-refractivity contribution in [1.82, 2.24) is 9.80 Å². The highest BCUT2D eigenvalue weighted by molar-refractivity contribution is 5.79. The largest absolute Gasteiger partial charge is 0.381 e. The fraction of sp³-hybridized carbons (Fsp3) is 0.941. The van der Waals surface area contributed by atoms with Crippen molar-refractivity contribution in [3.05, 3.63) is 0 Å². The van der Waals surface area contributed by atoms with Crippen LogP contribution < -0.4 is 0 Å². The summed E-state index contributed by atoms with van der Waals surface area (Å²) in [6.45, 7) is 9.69. The highest BCUT2D eigenvalue weighted by Gasteiger charge is 2.35. The van der Waals surface area contributed by atoms with Crippen molar-refractivity contribution in [3.63, 3.8) is 0 Å². The number of hydrogen-bond donors (Lipinski definition) is 0. The number of amides is 1. The van der Waals surface area contributed by atoms with Crippen LogP contribution in [-0.2, 0) is 14.3 Å². The molecule has 0 saturated carbocycles. The van der Waals surface area contributed by atoms with E-state index in [1.54, 1.807) is 0 Å². The average Bonchev–Trinajstić information content (AvgIpc) is 2.94. The fourth-order valence-electron chi connectivity index (χ4n) is 4.23. The Kier molecular flexibility index (Phi) is 5.37. The topological polar surface area (TPSA) is 42.0 Å². The monoisotopic (exact) mass is 310 g/mol. The number of ether oxygens (including phenoxy) is 2. The van der Waals surface area contributed by atoms with E-state index in [4.69, 9.17) is 9.47 Å². The molecule has 5 nitrogen and oxygen atoms in total. The molecule has 0 aliphatic carbocycles. The number of likely N-dealkylation sites (tertiary alicyclic amines) is 1. The van der Waals surface area contributed by atoms with Crippen LogP contribution in [0, 0.1) is 5.92 Å². The molecule has 0 aromatic heterocycles. The van der Waals surface area contributed by atoms with Crippen LogP contribution in [0.25, 0.3) is 0 Å². The first kappa shape index (κ1) is 16.2. The van der Waals surface area contributed by atoms with E-state index in [0.29, 0.717) is 24.2 Å². The molecule has 3 aliphatic heterocycles. The molecule has 3 fully saturated rings. The molecule has 0 bridgehead atoms. The summed E-state index contributed by atoms with van der Waals surface area (Å²) >= 11 is 0. The molecular weight excluding hydrogens is 280 g/mol. The third kappa shape index (κ3) is 3.81. The molecule has 3 rings (SSSR count). The van der Waals surface area contributed by atoms with Crippen molar-refractivity contribution in [3.8, 4) is 0 Å². The summed E-state index contributed by atoms with van der Waals surface area (Å²) in [5.41, 5.74) is 0. The van der Waals surface area contributed by atoms with Crippen LogP contribution in [0.1, 0.15) is 39.5 Å². The van der Waals surface area contributed by atoms with Crippen LogP contribution in [0.3, 0.4) is 0 Å². The first-order chi connectivity index (χ1) is 10.6. The smallest absolute Gasteiger partial charge is 0.226 e. The van der Waals surface area contributed by atoms with Gasteiger partial charge in [0.05, 0.1) is 12.2 Å². The van der Waals surface area contributed by atoms with Crippen molar-refractivity contribution in [2.24, 2.45) is 5.92 Å². The zero-order valence-corrected chi connectivity index (χ0v) is 14.0. The van der Waals surface area contributed by atoms with E-state index in [1.165, 1.54) is 0 Å². The van der Waals surface area contributed by atoms with E-state index >= 15 is 0 Å². The van der Waals surface area contributed by atoms with Crippen molar-refractivity contribution in [2.45, 2.75) is 57.8 Å². The lowest BCUT2D eigenvalue weighted by atomic mass is 9.98. The van der Waals surface area contributed by atoms with Gasteiger partial charge < -0.3 is 14.4 Å². The third-order valence-electron chi connectivity index (χ3n) is 5.19. The van der Waals surface area contributed by atoms with Crippen molar-refractivity contribution in [1.29, 1.82) is 0 Å². The van der Waals surface area contributed by atoms with E-state index in [1.807, 2.05) is 0 Å². The van der Waals surface area contributed by atoms with Gasteiger partial charge in [-0.2, -0.15) is 0 Å². The van der Waals surface area contributed by atoms with Gasteiger partial charge in [-0.15, -0.1) is 0 Å². The van der Waals surface area contributed by atoms with E-state index < -0.39 is 0 Å². The molecule has 5 heteroatoms. The van der Waals surface area contributed by atoms with Crippen LogP contribution in [-0.4, -0.2) is 73.3 Å². The van der Waals surface area contributed by atoms with Gasteiger partial charge in [0.15, 0.2) is 0 Å². The minimum atomic E-state index is 0.192. The van der Waals surface area contributed by atoms with Gasteiger partial charge in [-0.3, -0.25) is 9.69 Å². The lowest BCUT2D eigenvalue weighted by molar-refractivity contribution is -0.140. The van der Waals surface area contributed by atoms with Crippen LogP contribution in [0.2, 0.25) is 0 Å². The van der Waals surface area contributed by atoms with Gasteiger partial charge in [0.2, 0.25) is 5.91 Å². The number of rotatable bonds is 3. The molecule has 0 N–H and O–H groups in total. The maximum atomic E-state index is 12.8. The Morgan fingerprint density at radius 3 is 2.45 bits per heavy atom. The molecule has 3 atom stereocenters. The van der Waals surface area contributed by atoms with E-state index in [9.17, 15) is 4.79 Å². The Morgan fingerprint density at radius 1 is 1.09 bits per heavy atom. The minimum absolute atomic E-state index is 0.192. The second-order valence-electron chi connectivity index (χ2n) is 7.19. The van der Waals surface area contributed by atoms with Crippen LogP contribution in [0.4, 0.5) is 0 Å². The fourth-order valence-corrected chi connectivity index (χ4v) is 4.23. The number of morpholine rings is 1. The van der Waals surface area contributed by atoms with Crippen LogP contribution in [0.15, 0.2) is 0 Å². The molecule has 3 heterocycles. The lowest BCUT2D eigenvalue weighted by Crippen LogP contribution is -2.51. The van der Waals surface area contributed by atoms with Crippen molar-refractivity contribution < 1.29 is 14.3 Å². The standard InChI is InChI=1S/C17H30N2O3/c1-13-10-18(11-14(2)22-13)12-16-4-3-7-19(16)17(20)15-5-8-21-9-6-15/h13-16H,3-12H2,1-2H3. The zero-order chi connectivity index (χ0) is 15.5. The highest BCUT2D eigenvalue weighted by atomic mass is 16.5. The average molecular weight is 310 g/mol. The molecule has 22 heavy (non-hydrogen) atoms. The first-order valence-electron chi connectivity index (χ1n) is 8.89. The lowest BCUT2D eigenvalue weighted by Gasteiger charge is -2.39. The summed E-state index contributed by atoms with van der Waals surface area (Å²) in [4.78, 5) is 17.5. The second kappa shape index (κ2) is 7.28. The molecule has 0 aromatic carbocycles. The molecule has 3 unspecified atom stereocenters. The second-order valence-corrected chi connectivity index (χ2v) is 7.19. The van der Waals surface area contributed by atoms with Gasteiger partial charge in [-0.05, 0) is 39.5 Å². The SMILES string of the molecule is CC1CN(CC2CCCN2C(=O)C2CCOCC2)CC(C)O1. The summed E-state index contributed by atoms with van der Waals surface area (Å²) in [6.07, 6.45) is 4.68. The van der Waals surface area contributed by atoms with Crippen LogP contribution >= 0.6 is 0 Å². The van der Waals surface area contributed by atoms with Crippen molar-refractivity contribution >= 4 is 5.91 Å². The molecule has 0 radical (unpaired) electrons. The van der Waals surface area contributed by atoms with Gasteiger partial charge in [0.25, 0.3) is 0 Å². The summed E-state index contributed by atoms with van der Waals surface area (Å²) < 4.78 is 11.2. The van der Waals surface area contributed by atoms with Crippen molar-refractivity contribution in [2.75, 3.05) is 39.4 Å². The van der Waals surface area contributed by atoms with Gasteiger partial charge in [-0.25, -0.2) is 0 Å². The number of hydrogen-bond acceptors (Lipinski definition) is 4. The van der Waals surface area contributed by atoms with Gasteiger partial charge in [0, 0.05) is 51.4 Å².